The van der Waals surface area contributed by atoms with Crippen molar-refractivity contribution in [2.45, 2.75) is 31.4 Å². The van der Waals surface area contributed by atoms with Gasteiger partial charge in [0.05, 0.1) is 11.8 Å². The number of rotatable bonds is 9. The Bertz CT molecular complexity index is 950. The molecule has 178 valence electrons. The number of carbonyl (C=O) groups excluding carboxylic acids is 1. The molecule has 0 aliphatic carbocycles. The second-order valence-electron chi connectivity index (χ2n) is 6.95. The molecule has 11 heteroatoms. The minimum Gasteiger partial charge on any atom is -0.328 e. The lowest BCUT2D eigenvalue weighted by atomic mass is 10.00. The summed E-state index contributed by atoms with van der Waals surface area (Å²) < 4.78 is 85.3. The van der Waals surface area contributed by atoms with Gasteiger partial charge in [-0.1, -0.05) is 48.5 Å². The van der Waals surface area contributed by atoms with Crippen LogP contribution in [0.4, 0.5) is 26.7 Å². The average molecular weight is 480 g/mol. The largest absolute Gasteiger partial charge is 0.397 e. The van der Waals surface area contributed by atoms with E-state index in [0.29, 0.717) is 6.42 Å². The smallest absolute Gasteiger partial charge is 0.328 e. The Balaban J connectivity index is 0.00000161. The van der Waals surface area contributed by atoms with E-state index in [1.165, 1.54) is 26.0 Å². The molecule has 0 spiro atoms. The van der Waals surface area contributed by atoms with Gasteiger partial charge in [-0.3, -0.25) is 0 Å². The van der Waals surface area contributed by atoms with E-state index < -0.39 is 40.8 Å². The molecule has 0 bridgehead atoms. The number of sulfonamides is 1. The molecule has 2 aromatic rings. The Morgan fingerprint density at radius 2 is 1.44 bits per heavy atom. The van der Waals surface area contributed by atoms with E-state index in [1.54, 1.807) is 24.3 Å². The van der Waals surface area contributed by atoms with Crippen molar-refractivity contribution in [3.8, 4) is 11.1 Å². The maximum Gasteiger partial charge on any atom is 0.397 e. The molecule has 0 unspecified atom stereocenters. The van der Waals surface area contributed by atoms with E-state index in [0.717, 1.165) is 16.7 Å². The van der Waals surface area contributed by atoms with Gasteiger partial charge in [0, 0.05) is 12.1 Å². The number of nitrogens with one attached hydrogen (secondary N) is 2. The molecule has 1 amide bonds. The molecule has 2 rings (SSSR count). The molecule has 0 heterocycles. The second-order valence-corrected chi connectivity index (χ2v) is 9.27. The highest BCUT2D eigenvalue weighted by Gasteiger charge is 2.33. The monoisotopic (exact) mass is 480 g/mol. The van der Waals surface area contributed by atoms with Crippen LogP contribution in [0.25, 0.3) is 11.1 Å². The fourth-order valence-electron chi connectivity index (χ4n) is 2.54. The molecule has 0 fully saturated rings. The summed E-state index contributed by atoms with van der Waals surface area (Å²) in [7, 11) is -3.78. The zero-order chi connectivity index (χ0) is 24.4. The third-order valence-electron chi connectivity index (χ3n) is 4.39. The summed E-state index contributed by atoms with van der Waals surface area (Å²) in [6.07, 6.45) is -1.11. The SMILES string of the molecule is CC(C)S(=O)(=O)NCC(F)(F)c1ccc(-c2ccc(CCNC(=O)F)cc2)cc1.FCF. The zero-order valence-corrected chi connectivity index (χ0v) is 18.4. The Kier molecular flexibility index (Phi) is 10.7. The van der Waals surface area contributed by atoms with Crippen molar-refractivity contribution >= 4 is 16.2 Å². The fraction of sp³-hybridized carbons (Fsp3) is 0.381. The lowest BCUT2D eigenvalue weighted by Crippen LogP contribution is -2.38. The summed E-state index contributed by atoms with van der Waals surface area (Å²) in [5, 5.41) is 1.27. The number of hydrogen-bond donors (Lipinski definition) is 2. The van der Waals surface area contributed by atoms with E-state index in [4.69, 9.17) is 0 Å². The van der Waals surface area contributed by atoms with Crippen molar-refractivity contribution < 1.29 is 35.2 Å². The molecule has 0 aliphatic heterocycles. The van der Waals surface area contributed by atoms with Gasteiger partial charge in [0.2, 0.25) is 17.0 Å². The lowest BCUT2D eigenvalue weighted by molar-refractivity contribution is 0.00207. The van der Waals surface area contributed by atoms with Crippen LogP contribution in [-0.4, -0.2) is 39.8 Å². The van der Waals surface area contributed by atoms with Crippen LogP contribution in [0.2, 0.25) is 0 Å². The standard InChI is InChI=1S/C20H23F3N2O3S.CH2F2/c1-14(2)29(27,28)25-13-20(22,23)18-9-7-17(8-10-18)16-5-3-15(4-6-16)11-12-24-19(21)26;2-1-3/h3-10,14,25H,11-13H2,1-2H3,(H,24,26);1H2. The third kappa shape index (κ3) is 8.91. The van der Waals surface area contributed by atoms with Crippen molar-refractivity contribution in [1.82, 2.24) is 10.0 Å². The Hall–Kier alpha value is -2.53. The van der Waals surface area contributed by atoms with Gasteiger partial charge in [0.15, 0.2) is 0 Å². The van der Waals surface area contributed by atoms with Gasteiger partial charge in [0.25, 0.3) is 5.92 Å². The van der Waals surface area contributed by atoms with Crippen LogP contribution < -0.4 is 10.0 Å². The molecule has 0 aliphatic rings. The number of benzene rings is 2. The van der Waals surface area contributed by atoms with Crippen LogP contribution in [0, 0.1) is 0 Å². The van der Waals surface area contributed by atoms with E-state index in [2.05, 4.69) is 5.32 Å². The summed E-state index contributed by atoms with van der Waals surface area (Å²) in [6, 6.07) is 12.8. The van der Waals surface area contributed by atoms with Gasteiger partial charge in [-0.25, -0.2) is 26.7 Å². The van der Waals surface area contributed by atoms with Crippen LogP contribution >= 0.6 is 0 Å². The van der Waals surface area contributed by atoms with E-state index in [1.807, 2.05) is 16.9 Å². The molecule has 0 aromatic heterocycles. The molecular formula is C21H25F5N2O3S. The van der Waals surface area contributed by atoms with Crippen molar-refractivity contribution in [1.29, 1.82) is 0 Å². The maximum atomic E-state index is 14.3. The first kappa shape index (κ1) is 27.5. The number of halogens is 5. The first-order valence-electron chi connectivity index (χ1n) is 9.54. The van der Waals surface area contributed by atoms with Crippen LogP contribution in [-0.2, 0) is 22.4 Å². The second kappa shape index (κ2) is 12.5. The molecule has 5 nitrogen and oxygen atoms in total. The summed E-state index contributed by atoms with van der Waals surface area (Å²) in [6.45, 7) is 0.255. The molecule has 0 atom stereocenters. The van der Waals surface area contributed by atoms with Crippen molar-refractivity contribution in [3.05, 3.63) is 59.7 Å². The molecule has 0 saturated carbocycles. The predicted octanol–water partition coefficient (Wildman–Crippen LogP) is 4.88. The summed E-state index contributed by atoms with van der Waals surface area (Å²) in [4.78, 5) is 10.2. The molecule has 2 N–H and O–H groups in total. The third-order valence-corrected chi connectivity index (χ3v) is 6.18. The minimum atomic E-state index is -3.78. The highest BCUT2D eigenvalue weighted by atomic mass is 32.2. The average Bonchev–Trinajstić information content (AvgIpc) is 2.73. The van der Waals surface area contributed by atoms with Gasteiger partial charge >= 0.3 is 6.16 Å². The summed E-state index contributed by atoms with van der Waals surface area (Å²) in [5.74, 6) is -3.34. The molecular weight excluding hydrogens is 455 g/mol. The van der Waals surface area contributed by atoms with Crippen molar-refractivity contribution in [2.24, 2.45) is 0 Å². The van der Waals surface area contributed by atoms with Gasteiger partial charge < -0.3 is 5.32 Å². The number of amides is 1. The molecule has 2 aromatic carbocycles. The lowest BCUT2D eigenvalue weighted by Gasteiger charge is -2.19. The van der Waals surface area contributed by atoms with Crippen LogP contribution in [0.3, 0.4) is 0 Å². The quantitative estimate of drug-likeness (QED) is 0.305. The normalized spacial score (nSPS) is 11.6. The van der Waals surface area contributed by atoms with E-state index in [-0.39, 0.29) is 12.1 Å². The molecule has 32 heavy (non-hydrogen) atoms. The summed E-state index contributed by atoms with van der Waals surface area (Å²) >= 11 is 0. The van der Waals surface area contributed by atoms with E-state index >= 15 is 0 Å². The van der Waals surface area contributed by atoms with Gasteiger partial charge in [-0.2, -0.15) is 8.78 Å². The number of alkyl halides is 4. The van der Waals surface area contributed by atoms with E-state index in [9.17, 15) is 35.2 Å². The maximum absolute atomic E-state index is 14.3. The van der Waals surface area contributed by atoms with Gasteiger partial charge in [0.1, 0.15) is 0 Å². The van der Waals surface area contributed by atoms with Crippen LogP contribution in [0.5, 0.6) is 0 Å². The van der Waals surface area contributed by atoms with Gasteiger partial charge in [-0.05, 0) is 37.0 Å². The number of hydrogen-bond acceptors (Lipinski definition) is 3. The first-order chi connectivity index (χ1) is 14.9. The minimum absolute atomic E-state index is 0.180. The van der Waals surface area contributed by atoms with Gasteiger partial charge in [-0.15, -0.1) is 4.39 Å². The zero-order valence-electron chi connectivity index (χ0n) is 17.5. The predicted molar refractivity (Wildman–Crippen MR) is 113 cm³/mol. The van der Waals surface area contributed by atoms with Crippen molar-refractivity contribution in [2.75, 3.05) is 20.0 Å². The van der Waals surface area contributed by atoms with Crippen LogP contribution in [0.15, 0.2) is 48.5 Å². The highest BCUT2D eigenvalue weighted by molar-refractivity contribution is 7.90. The Morgan fingerprint density at radius 1 is 0.969 bits per heavy atom. The summed E-state index contributed by atoms with van der Waals surface area (Å²) in [5.41, 5.74) is 2.13. The Labute approximate surface area is 184 Å². The number of carbonyl (C=O) groups is 1. The fourth-order valence-corrected chi connectivity index (χ4v) is 3.25. The highest BCUT2D eigenvalue weighted by Crippen LogP contribution is 2.30. The topological polar surface area (TPSA) is 75.3 Å². The molecule has 0 radical (unpaired) electrons. The Morgan fingerprint density at radius 3 is 1.88 bits per heavy atom. The molecule has 0 saturated heterocycles. The van der Waals surface area contributed by atoms with Crippen molar-refractivity contribution in [3.63, 3.8) is 0 Å². The van der Waals surface area contributed by atoms with Crippen LogP contribution in [0.1, 0.15) is 25.0 Å². The first-order valence-corrected chi connectivity index (χ1v) is 11.1.